The predicted molar refractivity (Wildman–Crippen MR) is 78.9 cm³/mol. The normalized spacial score (nSPS) is 12.0. The summed E-state index contributed by atoms with van der Waals surface area (Å²) in [6.07, 6.45) is 3.05. The van der Waals surface area contributed by atoms with Crippen LogP contribution in [-0.2, 0) is 0 Å². The molecule has 4 N–H and O–H groups in total. The van der Waals surface area contributed by atoms with Crippen LogP contribution in [0.5, 0.6) is 0 Å². The zero-order valence-electron chi connectivity index (χ0n) is 11.1. The van der Waals surface area contributed by atoms with Crippen LogP contribution in [-0.4, -0.2) is 24.0 Å². The standard InChI is InChI=1S/C13H21N3OS/c1-9-8-11(16-14)4-5-12(9)13(17)15-10(2)6-7-18-3/h4-5,8,10,16H,6-7,14H2,1-3H3,(H,15,17). The van der Waals surface area contributed by atoms with Crippen molar-refractivity contribution in [3.63, 3.8) is 0 Å². The van der Waals surface area contributed by atoms with Gasteiger partial charge in [-0.2, -0.15) is 11.8 Å². The molecule has 18 heavy (non-hydrogen) atoms. The molecule has 0 saturated heterocycles. The first-order valence-electron chi connectivity index (χ1n) is 5.95. The Hall–Kier alpha value is -1.20. The highest BCUT2D eigenvalue weighted by Gasteiger charge is 2.12. The van der Waals surface area contributed by atoms with Gasteiger partial charge in [0.15, 0.2) is 0 Å². The molecule has 0 spiro atoms. The van der Waals surface area contributed by atoms with Crippen LogP contribution >= 0.6 is 11.8 Å². The van der Waals surface area contributed by atoms with Gasteiger partial charge < -0.3 is 10.7 Å². The van der Waals surface area contributed by atoms with E-state index in [1.165, 1.54) is 0 Å². The van der Waals surface area contributed by atoms with Crippen LogP contribution < -0.4 is 16.6 Å². The Bertz CT molecular complexity index is 409. The zero-order chi connectivity index (χ0) is 13.5. The number of anilines is 1. The minimum Gasteiger partial charge on any atom is -0.350 e. The molecule has 100 valence electrons. The van der Waals surface area contributed by atoms with Crippen molar-refractivity contribution in [1.29, 1.82) is 0 Å². The smallest absolute Gasteiger partial charge is 0.251 e. The van der Waals surface area contributed by atoms with Crippen molar-refractivity contribution >= 4 is 23.4 Å². The summed E-state index contributed by atoms with van der Waals surface area (Å²) < 4.78 is 0. The summed E-state index contributed by atoms with van der Waals surface area (Å²) in [5, 5.41) is 3.01. The number of nitrogens with two attached hydrogens (primary N) is 1. The van der Waals surface area contributed by atoms with Gasteiger partial charge in [-0.1, -0.05) is 0 Å². The maximum Gasteiger partial charge on any atom is 0.251 e. The summed E-state index contributed by atoms with van der Waals surface area (Å²) in [4.78, 5) is 12.1. The van der Waals surface area contributed by atoms with E-state index in [1.807, 2.05) is 19.9 Å². The second-order valence-electron chi connectivity index (χ2n) is 4.33. The fourth-order valence-electron chi connectivity index (χ4n) is 1.68. The molecule has 5 heteroatoms. The molecule has 1 aromatic rings. The average molecular weight is 267 g/mol. The molecule has 1 unspecified atom stereocenters. The van der Waals surface area contributed by atoms with Crippen molar-refractivity contribution in [2.24, 2.45) is 5.84 Å². The molecule has 0 aliphatic rings. The Morgan fingerprint density at radius 1 is 1.50 bits per heavy atom. The van der Waals surface area contributed by atoms with Crippen molar-refractivity contribution in [3.8, 4) is 0 Å². The molecule has 0 aromatic heterocycles. The number of nitrogen functional groups attached to an aromatic ring is 1. The van der Waals surface area contributed by atoms with Crippen molar-refractivity contribution in [1.82, 2.24) is 5.32 Å². The van der Waals surface area contributed by atoms with Crippen molar-refractivity contribution < 1.29 is 4.79 Å². The third-order valence-electron chi connectivity index (χ3n) is 2.77. The SMILES string of the molecule is CSCCC(C)NC(=O)c1ccc(NN)cc1C. The van der Waals surface area contributed by atoms with Crippen molar-refractivity contribution in [2.45, 2.75) is 26.3 Å². The largest absolute Gasteiger partial charge is 0.350 e. The van der Waals surface area contributed by atoms with Gasteiger partial charge in [-0.25, -0.2) is 0 Å². The van der Waals surface area contributed by atoms with Gasteiger partial charge in [0.2, 0.25) is 0 Å². The maximum absolute atomic E-state index is 12.1. The average Bonchev–Trinajstić information content (AvgIpc) is 2.35. The van der Waals surface area contributed by atoms with Crippen molar-refractivity contribution in [2.75, 3.05) is 17.4 Å². The van der Waals surface area contributed by atoms with Gasteiger partial charge in [0.25, 0.3) is 5.91 Å². The molecular weight excluding hydrogens is 246 g/mol. The summed E-state index contributed by atoms with van der Waals surface area (Å²) in [6.45, 7) is 3.93. The predicted octanol–water partition coefficient (Wildman–Crippen LogP) is 2.15. The van der Waals surface area contributed by atoms with Crippen molar-refractivity contribution in [3.05, 3.63) is 29.3 Å². The lowest BCUT2D eigenvalue weighted by Crippen LogP contribution is -2.33. The van der Waals surface area contributed by atoms with Gasteiger partial charge in [0, 0.05) is 17.3 Å². The summed E-state index contributed by atoms with van der Waals surface area (Å²) in [5.74, 6) is 6.36. The number of carbonyl (C=O) groups is 1. The Morgan fingerprint density at radius 2 is 2.22 bits per heavy atom. The topological polar surface area (TPSA) is 67.2 Å². The third kappa shape index (κ3) is 4.23. The minimum atomic E-state index is -0.0234. The van der Waals surface area contributed by atoms with E-state index in [0.717, 1.165) is 23.4 Å². The number of amides is 1. The van der Waals surface area contributed by atoms with Crippen LogP contribution in [0.15, 0.2) is 18.2 Å². The minimum absolute atomic E-state index is 0.0234. The van der Waals surface area contributed by atoms with Gasteiger partial charge in [0.05, 0.1) is 0 Å². The van der Waals surface area contributed by atoms with Crippen LogP contribution in [0, 0.1) is 6.92 Å². The Kier molecular flexibility index (Phi) is 6.01. The van der Waals surface area contributed by atoms with Gasteiger partial charge in [-0.3, -0.25) is 10.6 Å². The molecule has 0 saturated carbocycles. The summed E-state index contributed by atoms with van der Waals surface area (Å²) in [6, 6.07) is 5.65. The summed E-state index contributed by atoms with van der Waals surface area (Å²) >= 11 is 1.79. The molecule has 1 amide bonds. The van der Waals surface area contributed by atoms with Crippen LogP contribution in [0.3, 0.4) is 0 Å². The lowest BCUT2D eigenvalue weighted by molar-refractivity contribution is 0.0939. The molecule has 0 fully saturated rings. The first-order chi connectivity index (χ1) is 8.58. The molecule has 4 nitrogen and oxygen atoms in total. The molecule has 0 heterocycles. The van der Waals surface area contributed by atoms with E-state index in [2.05, 4.69) is 17.0 Å². The Morgan fingerprint density at radius 3 is 2.78 bits per heavy atom. The number of rotatable bonds is 6. The highest BCUT2D eigenvalue weighted by Crippen LogP contribution is 2.14. The fourth-order valence-corrected chi connectivity index (χ4v) is 2.27. The number of thioether (sulfide) groups is 1. The highest BCUT2D eigenvalue weighted by molar-refractivity contribution is 7.98. The van der Waals surface area contributed by atoms with Gasteiger partial charge in [-0.05, 0) is 56.0 Å². The second kappa shape index (κ2) is 7.28. The summed E-state index contributed by atoms with van der Waals surface area (Å²) in [7, 11) is 0. The lowest BCUT2D eigenvalue weighted by Gasteiger charge is -2.14. The van der Waals surface area contributed by atoms with Gasteiger partial charge >= 0.3 is 0 Å². The number of benzene rings is 1. The van der Waals surface area contributed by atoms with E-state index in [4.69, 9.17) is 5.84 Å². The quantitative estimate of drug-likeness (QED) is 0.546. The first-order valence-corrected chi connectivity index (χ1v) is 7.35. The molecular formula is C13H21N3OS. The van der Waals surface area contributed by atoms with Gasteiger partial charge in [0.1, 0.15) is 0 Å². The fraction of sp³-hybridized carbons (Fsp3) is 0.462. The van der Waals surface area contributed by atoms with Crippen LogP contribution in [0.4, 0.5) is 5.69 Å². The monoisotopic (exact) mass is 267 g/mol. The first kappa shape index (κ1) is 14.9. The number of nitrogens with one attached hydrogen (secondary N) is 2. The van der Waals surface area contributed by atoms with E-state index >= 15 is 0 Å². The summed E-state index contributed by atoms with van der Waals surface area (Å²) in [5.41, 5.74) is 4.99. The zero-order valence-corrected chi connectivity index (χ0v) is 11.9. The second-order valence-corrected chi connectivity index (χ2v) is 5.32. The molecule has 0 aliphatic carbocycles. The van der Waals surface area contributed by atoms with E-state index in [0.29, 0.717) is 5.56 Å². The molecule has 0 radical (unpaired) electrons. The number of hydrazine groups is 1. The maximum atomic E-state index is 12.1. The Balaban J connectivity index is 2.66. The van der Waals surface area contributed by atoms with Crippen LogP contribution in [0.1, 0.15) is 29.3 Å². The number of aryl methyl sites for hydroxylation is 1. The highest BCUT2D eigenvalue weighted by atomic mass is 32.2. The van der Waals surface area contributed by atoms with E-state index in [9.17, 15) is 4.79 Å². The lowest BCUT2D eigenvalue weighted by atomic mass is 10.1. The van der Waals surface area contributed by atoms with Gasteiger partial charge in [-0.15, -0.1) is 0 Å². The molecule has 0 aliphatic heterocycles. The third-order valence-corrected chi connectivity index (χ3v) is 3.41. The molecule has 1 aromatic carbocycles. The van der Waals surface area contributed by atoms with Crippen LogP contribution in [0.25, 0.3) is 0 Å². The van der Waals surface area contributed by atoms with E-state index in [-0.39, 0.29) is 11.9 Å². The molecule has 1 rings (SSSR count). The number of hydrogen-bond acceptors (Lipinski definition) is 4. The molecule has 1 atom stereocenters. The van der Waals surface area contributed by atoms with E-state index < -0.39 is 0 Å². The Labute approximate surface area is 113 Å². The number of hydrogen-bond donors (Lipinski definition) is 3. The van der Waals surface area contributed by atoms with E-state index in [1.54, 1.807) is 23.9 Å². The number of carbonyl (C=O) groups excluding carboxylic acids is 1. The molecule has 0 bridgehead atoms. The van der Waals surface area contributed by atoms with Crippen LogP contribution in [0.2, 0.25) is 0 Å².